The number of benzene rings is 3. The molecule has 0 unspecified atom stereocenters. The van der Waals surface area contributed by atoms with Crippen LogP contribution in [0.3, 0.4) is 0 Å². The second kappa shape index (κ2) is 4.67. The van der Waals surface area contributed by atoms with Gasteiger partial charge in [0.2, 0.25) is 0 Å². The van der Waals surface area contributed by atoms with Gasteiger partial charge in [-0.3, -0.25) is 0 Å². The lowest BCUT2D eigenvalue weighted by Gasteiger charge is -2.22. The molecule has 0 saturated carbocycles. The maximum Gasteiger partial charge on any atom is 0.153 e. The number of aryl methyl sites for hydroxylation is 1. The van der Waals surface area contributed by atoms with Gasteiger partial charge in [0.05, 0.1) is 0 Å². The van der Waals surface area contributed by atoms with Crippen LogP contribution in [0.2, 0.25) is 0 Å². The predicted octanol–water partition coefficient (Wildman–Crippen LogP) is 5.34. The van der Waals surface area contributed by atoms with Crippen molar-refractivity contribution in [3.63, 3.8) is 0 Å². The van der Waals surface area contributed by atoms with Crippen molar-refractivity contribution in [3.05, 3.63) is 72.3 Å². The number of hydrogen-bond acceptors (Lipinski definition) is 1. The Balaban J connectivity index is 1.84. The van der Waals surface area contributed by atoms with E-state index < -0.39 is 0 Å². The Kier molecular flexibility index (Phi) is 2.68. The van der Waals surface area contributed by atoms with Crippen LogP contribution in [0, 0.1) is 6.92 Å². The molecular formula is C19H14NO. The van der Waals surface area contributed by atoms with Crippen LogP contribution in [0.5, 0.6) is 11.5 Å². The lowest BCUT2D eigenvalue weighted by Crippen LogP contribution is -2.03. The summed E-state index contributed by atoms with van der Waals surface area (Å²) in [4.78, 5) is 0. The molecule has 0 N–H and O–H groups in total. The summed E-state index contributed by atoms with van der Waals surface area (Å²) in [6.45, 7) is 2.09. The van der Waals surface area contributed by atoms with Crippen molar-refractivity contribution >= 4 is 11.4 Å². The molecule has 1 radical (unpaired) electrons. The van der Waals surface area contributed by atoms with Crippen LogP contribution in [-0.4, -0.2) is 0 Å². The third kappa shape index (κ3) is 2.05. The highest BCUT2D eigenvalue weighted by molar-refractivity contribution is 5.83. The van der Waals surface area contributed by atoms with Crippen LogP contribution in [0.1, 0.15) is 5.56 Å². The van der Waals surface area contributed by atoms with Crippen LogP contribution >= 0.6 is 0 Å². The summed E-state index contributed by atoms with van der Waals surface area (Å²) >= 11 is 0. The van der Waals surface area contributed by atoms with Gasteiger partial charge in [-0.05, 0) is 30.7 Å². The minimum atomic E-state index is 0.811. The zero-order valence-electron chi connectivity index (χ0n) is 11.7. The van der Waals surface area contributed by atoms with Crippen LogP contribution < -0.4 is 10.1 Å². The van der Waals surface area contributed by atoms with E-state index in [1.807, 2.05) is 36.4 Å². The molecule has 3 aromatic carbocycles. The molecule has 4 rings (SSSR count). The van der Waals surface area contributed by atoms with E-state index >= 15 is 0 Å². The smallest absolute Gasteiger partial charge is 0.153 e. The molecule has 0 saturated heterocycles. The van der Waals surface area contributed by atoms with E-state index in [2.05, 4.69) is 37.3 Å². The molecule has 3 aromatic rings. The summed E-state index contributed by atoms with van der Waals surface area (Å²) in [7, 11) is 0. The SMILES string of the molecule is Cc1ccc(-c2cccc3c2[N]c2ccccc2O3)cc1. The first-order valence-electron chi connectivity index (χ1n) is 7.00. The molecule has 0 aliphatic carbocycles. The number of hydrogen-bond donors (Lipinski definition) is 0. The highest BCUT2D eigenvalue weighted by atomic mass is 16.5. The number of para-hydroxylation sites is 3. The Morgan fingerprint density at radius 3 is 2.38 bits per heavy atom. The largest absolute Gasteiger partial charge is 0.453 e. The fourth-order valence-corrected chi connectivity index (χ4v) is 2.56. The van der Waals surface area contributed by atoms with E-state index in [1.54, 1.807) is 0 Å². The summed E-state index contributed by atoms with van der Waals surface area (Å²) < 4.78 is 5.97. The Bertz CT molecular complexity index is 806. The summed E-state index contributed by atoms with van der Waals surface area (Å²) in [5.41, 5.74) is 5.29. The highest BCUT2D eigenvalue weighted by Gasteiger charge is 2.20. The Morgan fingerprint density at radius 1 is 0.762 bits per heavy atom. The van der Waals surface area contributed by atoms with Gasteiger partial charge in [-0.15, -0.1) is 0 Å². The van der Waals surface area contributed by atoms with Gasteiger partial charge in [0.25, 0.3) is 0 Å². The molecule has 0 bridgehead atoms. The van der Waals surface area contributed by atoms with Crippen molar-refractivity contribution in [1.29, 1.82) is 0 Å². The van der Waals surface area contributed by atoms with Gasteiger partial charge >= 0.3 is 0 Å². The molecule has 0 fully saturated rings. The molecule has 1 aliphatic heterocycles. The van der Waals surface area contributed by atoms with Gasteiger partial charge in [-0.2, -0.15) is 0 Å². The summed E-state index contributed by atoms with van der Waals surface area (Å²) in [5, 5.41) is 4.78. The molecule has 0 atom stereocenters. The molecule has 0 spiro atoms. The van der Waals surface area contributed by atoms with Crippen molar-refractivity contribution in [2.45, 2.75) is 6.92 Å². The quantitative estimate of drug-likeness (QED) is 0.459. The lowest BCUT2D eigenvalue weighted by molar-refractivity contribution is 0.472. The summed E-state index contributed by atoms with van der Waals surface area (Å²) in [6.07, 6.45) is 0. The molecule has 21 heavy (non-hydrogen) atoms. The van der Waals surface area contributed by atoms with Gasteiger partial charge in [0.15, 0.2) is 11.5 Å². The first kappa shape index (κ1) is 12.0. The zero-order valence-corrected chi connectivity index (χ0v) is 11.7. The lowest BCUT2D eigenvalue weighted by atomic mass is 10.0. The highest BCUT2D eigenvalue weighted by Crippen LogP contribution is 2.46. The zero-order chi connectivity index (χ0) is 14.2. The van der Waals surface area contributed by atoms with Crippen molar-refractivity contribution in [2.75, 3.05) is 0 Å². The van der Waals surface area contributed by atoms with E-state index in [9.17, 15) is 0 Å². The Morgan fingerprint density at radius 2 is 1.52 bits per heavy atom. The number of fused-ring (bicyclic) bond motifs is 2. The van der Waals surface area contributed by atoms with E-state index in [-0.39, 0.29) is 0 Å². The molecule has 2 heteroatoms. The van der Waals surface area contributed by atoms with Crippen molar-refractivity contribution in [1.82, 2.24) is 5.32 Å². The van der Waals surface area contributed by atoms with Gasteiger partial charge in [0.1, 0.15) is 11.4 Å². The number of rotatable bonds is 1. The van der Waals surface area contributed by atoms with Crippen LogP contribution in [0.25, 0.3) is 11.1 Å². The standard InChI is InChI=1S/C19H14NO/c1-13-9-11-14(12-10-13)15-5-4-8-18-19(15)20-16-6-2-3-7-17(16)21-18/h2-12H,1H3. The van der Waals surface area contributed by atoms with E-state index in [0.29, 0.717) is 0 Å². The second-order valence-electron chi connectivity index (χ2n) is 5.20. The summed E-state index contributed by atoms with van der Waals surface area (Å²) in [6, 6.07) is 22.4. The molecule has 2 nitrogen and oxygen atoms in total. The summed E-state index contributed by atoms with van der Waals surface area (Å²) in [5.74, 6) is 1.62. The van der Waals surface area contributed by atoms with Crippen LogP contribution in [0.4, 0.5) is 11.4 Å². The minimum absolute atomic E-state index is 0.811. The maximum absolute atomic E-state index is 5.97. The topological polar surface area (TPSA) is 23.3 Å². The maximum atomic E-state index is 5.97. The minimum Gasteiger partial charge on any atom is -0.453 e. The molecule has 0 amide bonds. The average molecular weight is 272 g/mol. The van der Waals surface area contributed by atoms with Gasteiger partial charge < -0.3 is 4.74 Å². The first-order valence-corrected chi connectivity index (χ1v) is 7.00. The number of ether oxygens (including phenoxy) is 1. The van der Waals surface area contributed by atoms with Crippen LogP contribution in [-0.2, 0) is 0 Å². The molecular weight excluding hydrogens is 258 g/mol. The van der Waals surface area contributed by atoms with E-state index in [0.717, 1.165) is 34.0 Å². The molecule has 1 heterocycles. The monoisotopic (exact) mass is 272 g/mol. The second-order valence-corrected chi connectivity index (χ2v) is 5.20. The van der Waals surface area contributed by atoms with Gasteiger partial charge in [-0.25, -0.2) is 5.32 Å². The Labute approximate surface area is 124 Å². The number of nitrogens with zero attached hydrogens (tertiary/aromatic N) is 1. The molecule has 0 aromatic heterocycles. The third-order valence-electron chi connectivity index (χ3n) is 3.68. The van der Waals surface area contributed by atoms with Crippen molar-refractivity contribution < 1.29 is 4.74 Å². The van der Waals surface area contributed by atoms with Gasteiger partial charge in [0, 0.05) is 5.56 Å². The predicted molar refractivity (Wildman–Crippen MR) is 84.6 cm³/mol. The average Bonchev–Trinajstić information content (AvgIpc) is 2.53. The van der Waals surface area contributed by atoms with Crippen molar-refractivity contribution in [2.24, 2.45) is 0 Å². The molecule has 101 valence electrons. The van der Waals surface area contributed by atoms with Crippen LogP contribution in [0.15, 0.2) is 66.7 Å². The van der Waals surface area contributed by atoms with Crippen molar-refractivity contribution in [3.8, 4) is 22.6 Å². The van der Waals surface area contributed by atoms with Gasteiger partial charge in [-0.1, -0.05) is 54.1 Å². The third-order valence-corrected chi connectivity index (χ3v) is 3.68. The fraction of sp³-hybridized carbons (Fsp3) is 0.0526. The normalized spacial score (nSPS) is 11.9. The molecule has 1 aliphatic rings. The first-order chi connectivity index (χ1) is 10.3. The van der Waals surface area contributed by atoms with E-state index in [1.165, 1.54) is 5.56 Å². The Hall–Kier alpha value is -2.74. The fourth-order valence-electron chi connectivity index (χ4n) is 2.56. The van der Waals surface area contributed by atoms with E-state index in [4.69, 9.17) is 10.1 Å².